The molecule has 62 valence electrons. The van der Waals surface area contributed by atoms with Crippen LogP contribution in [0.15, 0.2) is 18.3 Å². The fraction of sp³-hybridized carbons (Fsp3) is 0.364. The number of aromatic nitrogens is 1. The molecular weight excluding hydrogens is 146 g/mol. The van der Waals surface area contributed by atoms with Gasteiger partial charge >= 0.3 is 0 Å². The Labute approximate surface area is 73.8 Å². The third-order valence-electron chi connectivity index (χ3n) is 1.71. The van der Waals surface area contributed by atoms with Gasteiger partial charge in [-0.3, -0.25) is 0 Å². The lowest BCUT2D eigenvalue weighted by Crippen LogP contribution is -1.89. The maximum Gasteiger partial charge on any atom is 0.113 e. The van der Waals surface area contributed by atoms with Crippen molar-refractivity contribution >= 4 is 0 Å². The largest absolute Gasteiger partial charge is 0.248 e. The summed E-state index contributed by atoms with van der Waals surface area (Å²) < 4.78 is 0. The van der Waals surface area contributed by atoms with Gasteiger partial charge in [0, 0.05) is 6.20 Å². The van der Waals surface area contributed by atoms with E-state index in [0.717, 1.165) is 5.69 Å². The molecule has 1 aromatic heterocycles. The van der Waals surface area contributed by atoms with Crippen molar-refractivity contribution in [3.05, 3.63) is 29.6 Å². The van der Waals surface area contributed by atoms with E-state index >= 15 is 0 Å². The van der Waals surface area contributed by atoms with Crippen LogP contribution in [0.3, 0.4) is 0 Å². The average molecular weight is 159 g/mol. The first-order chi connectivity index (χ1) is 5.74. The smallest absolute Gasteiger partial charge is 0.113 e. The Morgan fingerprint density at radius 2 is 2.08 bits per heavy atom. The van der Waals surface area contributed by atoms with Crippen molar-refractivity contribution in [1.82, 2.24) is 4.98 Å². The molecule has 0 bridgehead atoms. The second-order valence-electron chi connectivity index (χ2n) is 3.01. The van der Waals surface area contributed by atoms with Gasteiger partial charge in [0.2, 0.25) is 0 Å². The lowest BCUT2D eigenvalue weighted by molar-refractivity contribution is 0.857. The van der Waals surface area contributed by atoms with Gasteiger partial charge in [0.05, 0.1) is 0 Å². The number of nitrogens with zero attached hydrogens (tertiary/aromatic N) is 1. The van der Waals surface area contributed by atoms with Crippen LogP contribution >= 0.6 is 0 Å². The van der Waals surface area contributed by atoms with Gasteiger partial charge in [-0.25, -0.2) is 4.98 Å². The van der Waals surface area contributed by atoms with Gasteiger partial charge in [-0.05, 0) is 30.4 Å². The monoisotopic (exact) mass is 159 g/mol. The molecule has 0 aliphatic heterocycles. The van der Waals surface area contributed by atoms with Gasteiger partial charge < -0.3 is 0 Å². The van der Waals surface area contributed by atoms with Crippen molar-refractivity contribution in [2.45, 2.75) is 26.7 Å². The molecule has 0 atom stereocenters. The fourth-order valence-electron chi connectivity index (χ4n) is 0.949. The summed E-state index contributed by atoms with van der Waals surface area (Å²) in [6.45, 7) is 6.13. The zero-order valence-corrected chi connectivity index (χ0v) is 7.76. The van der Waals surface area contributed by atoms with E-state index < -0.39 is 0 Å². The molecular formula is C11H13N. The van der Waals surface area contributed by atoms with Gasteiger partial charge in [-0.2, -0.15) is 0 Å². The Hall–Kier alpha value is -1.29. The number of hydrogen-bond donors (Lipinski definition) is 0. The fourth-order valence-corrected chi connectivity index (χ4v) is 0.949. The van der Waals surface area contributed by atoms with Gasteiger partial charge in [0.1, 0.15) is 5.69 Å². The molecule has 12 heavy (non-hydrogen) atoms. The Bertz CT molecular complexity index is 298. The molecule has 1 nitrogen and oxygen atoms in total. The minimum absolute atomic E-state index is 0.543. The van der Waals surface area contributed by atoms with Crippen LogP contribution in [0.5, 0.6) is 0 Å². The molecule has 1 heterocycles. The third kappa shape index (κ3) is 2.10. The minimum atomic E-state index is 0.543. The summed E-state index contributed by atoms with van der Waals surface area (Å²) in [6.07, 6.45) is 1.89. The highest BCUT2D eigenvalue weighted by molar-refractivity contribution is 5.29. The summed E-state index contributed by atoms with van der Waals surface area (Å²) >= 11 is 0. The molecule has 0 unspecified atom stereocenters. The summed E-state index contributed by atoms with van der Waals surface area (Å²) in [5.41, 5.74) is 2.11. The Morgan fingerprint density at radius 3 is 2.50 bits per heavy atom. The maximum absolute atomic E-state index is 4.22. The lowest BCUT2D eigenvalue weighted by Gasteiger charge is -2.02. The van der Waals surface area contributed by atoms with Crippen molar-refractivity contribution in [2.24, 2.45) is 0 Å². The van der Waals surface area contributed by atoms with Gasteiger partial charge in [-0.15, -0.1) is 0 Å². The maximum atomic E-state index is 4.22. The Balaban J connectivity index is 2.90. The van der Waals surface area contributed by atoms with Crippen LogP contribution in [0, 0.1) is 11.8 Å². The molecule has 0 fully saturated rings. The third-order valence-corrected chi connectivity index (χ3v) is 1.71. The second-order valence-corrected chi connectivity index (χ2v) is 3.01. The molecule has 1 aromatic rings. The van der Waals surface area contributed by atoms with Crippen LogP contribution in [0.1, 0.15) is 37.9 Å². The van der Waals surface area contributed by atoms with E-state index in [9.17, 15) is 0 Å². The van der Waals surface area contributed by atoms with E-state index in [4.69, 9.17) is 0 Å². The van der Waals surface area contributed by atoms with Crippen molar-refractivity contribution in [1.29, 1.82) is 0 Å². The summed E-state index contributed by atoms with van der Waals surface area (Å²) in [5, 5.41) is 0. The lowest BCUT2D eigenvalue weighted by atomic mass is 10.1. The molecule has 0 aliphatic rings. The molecule has 0 aromatic carbocycles. The van der Waals surface area contributed by atoms with Crippen LogP contribution in [0.2, 0.25) is 0 Å². The van der Waals surface area contributed by atoms with E-state index in [1.54, 1.807) is 0 Å². The molecule has 0 radical (unpaired) electrons. The van der Waals surface area contributed by atoms with E-state index in [1.807, 2.05) is 19.2 Å². The van der Waals surface area contributed by atoms with Crippen molar-refractivity contribution in [3.63, 3.8) is 0 Å². The molecule has 1 rings (SSSR count). The quantitative estimate of drug-likeness (QED) is 0.574. The van der Waals surface area contributed by atoms with Crippen molar-refractivity contribution in [2.75, 3.05) is 0 Å². The van der Waals surface area contributed by atoms with E-state index in [-0.39, 0.29) is 0 Å². The number of pyridine rings is 1. The normalized spacial score (nSPS) is 9.33. The summed E-state index contributed by atoms with van der Waals surface area (Å²) in [7, 11) is 0. The van der Waals surface area contributed by atoms with E-state index in [0.29, 0.717) is 5.92 Å². The van der Waals surface area contributed by atoms with E-state index in [1.165, 1.54) is 5.56 Å². The summed E-state index contributed by atoms with van der Waals surface area (Å²) in [4.78, 5) is 4.22. The topological polar surface area (TPSA) is 12.9 Å². The Morgan fingerprint density at radius 1 is 1.33 bits per heavy atom. The number of hydrogen-bond acceptors (Lipinski definition) is 1. The van der Waals surface area contributed by atoms with Gasteiger partial charge in [0.25, 0.3) is 0 Å². The predicted octanol–water partition coefficient (Wildman–Crippen LogP) is 2.58. The zero-order chi connectivity index (χ0) is 8.97. The molecule has 0 amide bonds. The molecule has 0 saturated heterocycles. The highest BCUT2D eigenvalue weighted by atomic mass is 14.7. The first-order valence-electron chi connectivity index (χ1n) is 4.12. The van der Waals surface area contributed by atoms with Crippen LogP contribution in [0.25, 0.3) is 0 Å². The first kappa shape index (κ1) is 8.80. The summed E-state index contributed by atoms with van der Waals surface area (Å²) in [5.74, 6) is 6.28. The molecule has 0 saturated carbocycles. The molecule has 0 spiro atoms. The van der Waals surface area contributed by atoms with Crippen molar-refractivity contribution < 1.29 is 0 Å². The van der Waals surface area contributed by atoms with Crippen LogP contribution in [0.4, 0.5) is 0 Å². The summed E-state index contributed by atoms with van der Waals surface area (Å²) in [6, 6.07) is 4.04. The van der Waals surface area contributed by atoms with Crippen LogP contribution < -0.4 is 0 Å². The van der Waals surface area contributed by atoms with Gasteiger partial charge in [0.15, 0.2) is 0 Å². The average Bonchev–Trinajstić information content (AvgIpc) is 2.06. The Kier molecular flexibility index (Phi) is 2.88. The van der Waals surface area contributed by atoms with Gasteiger partial charge in [-0.1, -0.05) is 25.8 Å². The molecule has 1 heteroatoms. The molecule has 0 aliphatic carbocycles. The SMILES string of the molecule is CC#Cc1ccc(C(C)C)cn1. The standard InChI is InChI=1S/C11H13N/c1-4-5-11-7-6-10(8-12-11)9(2)3/h6-9H,1-3H3. The van der Waals surface area contributed by atoms with Crippen molar-refractivity contribution in [3.8, 4) is 11.8 Å². The predicted molar refractivity (Wildman–Crippen MR) is 50.9 cm³/mol. The highest BCUT2D eigenvalue weighted by Gasteiger charge is 1.97. The van der Waals surface area contributed by atoms with Crippen LogP contribution in [-0.4, -0.2) is 4.98 Å². The second kappa shape index (κ2) is 3.92. The molecule has 0 N–H and O–H groups in total. The highest BCUT2D eigenvalue weighted by Crippen LogP contribution is 2.11. The number of rotatable bonds is 1. The first-order valence-corrected chi connectivity index (χ1v) is 4.12. The van der Waals surface area contributed by atoms with Crippen LogP contribution in [-0.2, 0) is 0 Å². The van der Waals surface area contributed by atoms with E-state index in [2.05, 4.69) is 36.7 Å². The zero-order valence-electron chi connectivity index (χ0n) is 7.76. The minimum Gasteiger partial charge on any atom is -0.248 e.